The van der Waals surface area contributed by atoms with Gasteiger partial charge in [0.2, 0.25) is 5.91 Å². The molecule has 0 radical (unpaired) electrons. The Bertz CT molecular complexity index is 970. The molecule has 0 aliphatic carbocycles. The first kappa shape index (κ1) is 20.2. The lowest BCUT2D eigenvalue weighted by Crippen LogP contribution is -2.50. The summed E-state index contributed by atoms with van der Waals surface area (Å²) in [5.74, 6) is 0.667. The normalized spacial score (nSPS) is 17.0. The van der Waals surface area contributed by atoms with Gasteiger partial charge in [-0.05, 0) is 49.1 Å². The van der Waals surface area contributed by atoms with Crippen LogP contribution in [0.3, 0.4) is 0 Å². The molecule has 0 N–H and O–H groups in total. The van der Waals surface area contributed by atoms with Crippen LogP contribution in [0, 0.1) is 5.82 Å². The van der Waals surface area contributed by atoms with Crippen LogP contribution in [-0.4, -0.2) is 50.1 Å². The third-order valence-corrected chi connectivity index (χ3v) is 5.94. The molecule has 30 heavy (non-hydrogen) atoms. The van der Waals surface area contributed by atoms with E-state index in [0.29, 0.717) is 61.5 Å². The molecule has 2 aliphatic heterocycles. The number of amides is 2. The molecule has 2 aliphatic rings. The molecule has 0 aromatic heterocycles. The summed E-state index contributed by atoms with van der Waals surface area (Å²) < 4.78 is 24.4. The summed E-state index contributed by atoms with van der Waals surface area (Å²) in [5, 5.41) is 0. The fraction of sp³-hybridized carbons (Fsp3) is 0.391. The summed E-state index contributed by atoms with van der Waals surface area (Å²) in [5.41, 5.74) is 2.16. The standard InChI is InChI=1S/C23H25FN2O4/c1-29-18-6-7-19(21(14-18)30-2)23(28)25-11-9-17(10-12-25)26-20-13-16(24)5-3-15(20)4-8-22(26)27/h3,5-7,13-14,17H,4,8-12H2,1-2H3. The second kappa shape index (κ2) is 8.34. The van der Waals surface area contributed by atoms with Crippen molar-refractivity contribution in [2.45, 2.75) is 31.7 Å². The smallest absolute Gasteiger partial charge is 0.257 e. The lowest BCUT2D eigenvalue weighted by atomic mass is 9.95. The number of nitrogens with zero attached hydrogens (tertiary/aromatic N) is 2. The number of anilines is 1. The number of hydrogen-bond acceptors (Lipinski definition) is 4. The monoisotopic (exact) mass is 412 g/mol. The van der Waals surface area contributed by atoms with Gasteiger partial charge in [-0.25, -0.2) is 4.39 Å². The van der Waals surface area contributed by atoms with E-state index in [9.17, 15) is 14.0 Å². The number of hydrogen-bond donors (Lipinski definition) is 0. The third-order valence-electron chi connectivity index (χ3n) is 5.94. The van der Waals surface area contributed by atoms with Crippen LogP contribution in [0.5, 0.6) is 11.5 Å². The minimum atomic E-state index is -0.340. The van der Waals surface area contributed by atoms with Crippen LogP contribution in [0.25, 0.3) is 0 Å². The molecule has 0 atom stereocenters. The second-order valence-corrected chi connectivity index (χ2v) is 7.63. The molecular weight excluding hydrogens is 387 g/mol. The third kappa shape index (κ3) is 3.72. The predicted molar refractivity (Wildman–Crippen MR) is 111 cm³/mol. The molecule has 1 fully saturated rings. The molecule has 2 aromatic carbocycles. The number of aryl methyl sites for hydroxylation is 1. The van der Waals surface area contributed by atoms with Crippen LogP contribution in [0.2, 0.25) is 0 Å². The Balaban J connectivity index is 1.49. The SMILES string of the molecule is COc1ccc(C(=O)N2CCC(N3C(=O)CCc4ccc(F)cc43)CC2)c(OC)c1. The summed E-state index contributed by atoms with van der Waals surface area (Å²) in [4.78, 5) is 29.2. The average molecular weight is 412 g/mol. The molecule has 1 saturated heterocycles. The van der Waals surface area contributed by atoms with E-state index in [0.717, 1.165) is 5.56 Å². The fourth-order valence-corrected chi connectivity index (χ4v) is 4.34. The van der Waals surface area contributed by atoms with Gasteiger partial charge in [0.25, 0.3) is 5.91 Å². The van der Waals surface area contributed by atoms with Crippen LogP contribution < -0.4 is 14.4 Å². The summed E-state index contributed by atoms with van der Waals surface area (Å²) in [6.45, 7) is 1.04. The van der Waals surface area contributed by atoms with Crippen LogP contribution >= 0.6 is 0 Å². The number of fused-ring (bicyclic) bond motifs is 1. The van der Waals surface area contributed by atoms with Crippen molar-refractivity contribution in [3.8, 4) is 11.5 Å². The van der Waals surface area contributed by atoms with Crippen molar-refractivity contribution in [2.24, 2.45) is 0 Å². The fourth-order valence-electron chi connectivity index (χ4n) is 4.34. The Morgan fingerprint density at radius 1 is 1.03 bits per heavy atom. The van der Waals surface area contributed by atoms with Gasteiger partial charge in [-0.1, -0.05) is 6.07 Å². The van der Waals surface area contributed by atoms with Crippen molar-refractivity contribution in [3.63, 3.8) is 0 Å². The highest BCUT2D eigenvalue weighted by Crippen LogP contribution is 2.34. The van der Waals surface area contributed by atoms with Crippen molar-refractivity contribution < 1.29 is 23.5 Å². The molecule has 158 valence electrons. The van der Waals surface area contributed by atoms with E-state index in [-0.39, 0.29) is 23.7 Å². The minimum Gasteiger partial charge on any atom is -0.497 e. The van der Waals surface area contributed by atoms with Crippen molar-refractivity contribution in [1.82, 2.24) is 4.90 Å². The van der Waals surface area contributed by atoms with E-state index < -0.39 is 0 Å². The largest absolute Gasteiger partial charge is 0.497 e. The lowest BCUT2D eigenvalue weighted by molar-refractivity contribution is -0.119. The topological polar surface area (TPSA) is 59.1 Å². The molecule has 0 spiro atoms. The lowest BCUT2D eigenvalue weighted by Gasteiger charge is -2.41. The van der Waals surface area contributed by atoms with Gasteiger partial charge in [-0.2, -0.15) is 0 Å². The highest BCUT2D eigenvalue weighted by atomic mass is 19.1. The Morgan fingerprint density at radius 3 is 2.50 bits per heavy atom. The summed E-state index contributed by atoms with van der Waals surface area (Å²) in [7, 11) is 3.09. The van der Waals surface area contributed by atoms with Gasteiger partial charge in [0.1, 0.15) is 17.3 Å². The number of halogens is 1. The number of rotatable bonds is 4. The van der Waals surface area contributed by atoms with Crippen molar-refractivity contribution in [3.05, 3.63) is 53.3 Å². The van der Waals surface area contributed by atoms with Crippen molar-refractivity contribution in [2.75, 3.05) is 32.2 Å². The van der Waals surface area contributed by atoms with E-state index in [1.807, 2.05) is 0 Å². The van der Waals surface area contributed by atoms with Crippen LogP contribution in [0.15, 0.2) is 36.4 Å². The first-order chi connectivity index (χ1) is 14.5. The Morgan fingerprint density at radius 2 is 1.80 bits per heavy atom. The van der Waals surface area contributed by atoms with Crippen LogP contribution in [-0.2, 0) is 11.2 Å². The Kier molecular flexibility index (Phi) is 5.61. The van der Waals surface area contributed by atoms with Gasteiger partial charge in [0.15, 0.2) is 0 Å². The Labute approximate surface area is 175 Å². The summed E-state index contributed by atoms with van der Waals surface area (Å²) in [6.07, 6.45) is 2.36. The van der Waals surface area contributed by atoms with Gasteiger partial charge in [0, 0.05) is 31.6 Å². The maximum absolute atomic E-state index is 13.8. The molecule has 2 amide bonds. The van der Waals surface area contributed by atoms with E-state index in [4.69, 9.17) is 9.47 Å². The number of carbonyl (C=O) groups is 2. The number of benzene rings is 2. The van der Waals surface area contributed by atoms with Crippen LogP contribution in [0.1, 0.15) is 35.2 Å². The highest BCUT2D eigenvalue weighted by Gasteiger charge is 2.34. The van der Waals surface area contributed by atoms with E-state index in [1.54, 1.807) is 41.2 Å². The molecule has 7 heteroatoms. The first-order valence-corrected chi connectivity index (χ1v) is 10.1. The van der Waals surface area contributed by atoms with E-state index >= 15 is 0 Å². The zero-order valence-corrected chi connectivity index (χ0v) is 17.2. The maximum Gasteiger partial charge on any atom is 0.257 e. The number of carbonyl (C=O) groups excluding carboxylic acids is 2. The molecule has 6 nitrogen and oxygen atoms in total. The quantitative estimate of drug-likeness (QED) is 0.772. The second-order valence-electron chi connectivity index (χ2n) is 7.63. The molecule has 0 saturated carbocycles. The van der Waals surface area contributed by atoms with Crippen molar-refractivity contribution in [1.29, 1.82) is 0 Å². The predicted octanol–water partition coefficient (Wildman–Crippen LogP) is 3.43. The van der Waals surface area contributed by atoms with Gasteiger partial charge >= 0.3 is 0 Å². The minimum absolute atomic E-state index is 0.0229. The number of ether oxygens (including phenoxy) is 2. The van der Waals surface area contributed by atoms with Gasteiger partial charge in [-0.3, -0.25) is 9.59 Å². The average Bonchev–Trinajstić information content (AvgIpc) is 2.78. The zero-order valence-electron chi connectivity index (χ0n) is 17.2. The highest BCUT2D eigenvalue weighted by molar-refractivity contribution is 5.98. The molecule has 2 heterocycles. The zero-order chi connectivity index (χ0) is 21.3. The molecule has 0 bridgehead atoms. The first-order valence-electron chi connectivity index (χ1n) is 10.1. The molecular formula is C23H25FN2O4. The van der Waals surface area contributed by atoms with Crippen LogP contribution in [0.4, 0.5) is 10.1 Å². The van der Waals surface area contributed by atoms with Crippen molar-refractivity contribution >= 4 is 17.5 Å². The maximum atomic E-state index is 13.8. The number of methoxy groups -OCH3 is 2. The molecule has 2 aromatic rings. The number of likely N-dealkylation sites (tertiary alicyclic amines) is 1. The summed E-state index contributed by atoms with van der Waals surface area (Å²) in [6, 6.07) is 9.75. The Hall–Kier alpha value is -3.09. The molecule has 4 rings (SSSR count). The summed E-state index contributed by atoms with van der Waals surface area (Å²) >= 11 is 0. The van der Waals surface area contributed by atoms with Gasteiger partial charge < -0.3 is 19.3 Å². The molecule has 0 unspecified atom stereocenters. The van der Waals surface area contributed by atoms with E-state index in [1.165, 1.54) is 19.2 Å². The van der Waals surface area contributed by atoms with Gasteiger partial charge in [-0.15, -0.1) is 0 Å². The van der Waals surface area contributed by atoms with Gasteiger partial charge in [0.05, 0.1) is 25.5 Å². The number of piperidine rings is 1. The van der Waals surface area contributed by atoms with E-state index in [2.05, 4.69) is 0 Å².